The van der Waals surface area contributed by atoms with Crippen molar-refractivity contribution in [2.75, 3.05) is 14.1 Å². The fourth-order valence-corrected chi connectivity index (χ4v) is 6.37. The summed E-state index contributed by atoms with van der Waals surface area (Å²) in [4.78, 5) is 0. The molecule has 2 aliphatic carbocycles. The predicted molar refractivity (Wildman–Crippen MR) is 119 cm³/mol. The molecule has 2 nitrogen and oxygen atoms in total. The van der Waals surface area contributed by atoms with Crippen LogP contribution in [-0.4, -0.2) is 32.6 Å². The van der Waals surface area contributed by atoms with Crippen LogP contribution in [0.1, 0.15) is 43.0 Å². The first-order valence-electron chi connectivity index (χ1n) is 10.1. The van der Waals surface area contributed by atoms with Crippen LogP contribution in [0.15, 0.2) is 66.8 Å². The van der Waals surface area contributed by atoms with Gasteiger partial charge in [0.15, 0.2) is 0 Å². The van der Waals surface area contributed by atoms with E-state index in [1.165, 1.54) is 0 Å². The van der Waals surface area contributed by atoms with E-state index in [1.54, 1.807) is 24.3 Å². The Labute approximate surface area is 199 Å². The van der Waals surface area contributed by atoms with E-state index in [-0.39, 0.29) is 38.4 Å². The molecule has 0 saturated carbocycles. The van der Waals surface area contributed by atoms with E-state index in [0.29, 0.717) is 15.3 Å². The first-order chi connectivity index (χ1) is 14.1. The molecule has 1 atom stereocenters. The normalized spacial score (nSPS) is 17.4. The molecule has 6 heteroatoms. The topological polar surface area (TPSA) is 17.1 Å². The van der Waals surface area contributed by atoms with Crippen molar-refractivity contribution in [1.29, 1.82) is 0 Å². The molecule has 0 aromatic heterocycles. The Balaban J connectivity index is 0.00000272. The van der Waals surface area contributed by atoms with E-state index in [9.17, 15) is 13.2 Å². The summed E-state index contributed by atoms with van der Waals surface area (Å²) < 4.78 is 42.7. The summed E-state index contributed by atoms with van der Waals surface area (Å²) in [7, 11) is 1.77. The average Bonchev–Trinajstić information content (AvgIpc) is 3.07. The van der Waals surface area contributed by atoms with E-state index in [4.69, 9.17) is 0 Å². The second-order valence-electron chi connectivity index (χ2n) is 9.35. The Morgan fingerprint density at radius 3 is 1.90 bits per heavy atom. The first-order valence-corrected chi connectivity index (χ1v) is 11.5. The second-order valence-corrected chi connectivity index (χ2v) is 11.8. The molecule has 0 radical (unpaired) electrons. The predicted octanol–water partition coefficient (Wildman–Crippen LogP) is 6.30. The number of hydrogen-bond donors (Lipinski definition) is 0. The van der Waals surface area contributed by atoms with Gasteiger partial charge in [-0.2, -0.15) is 8.78 Å². The van der Waals surface area contributed by atoms with Crippen molar-refractivity contribution >= 4 is 25.6 Å². The van der Waals surface area contributed by atoms with E-state index >= 15 is 0 Å². The van der Waals surface area contributed by atoms with Crippen molar-refractivity contribution in [3.8, 4) is 0 Å². The minimum absolute atomic E-state index is 0. The molecule has 0 N–H and O–H groups in total. The molecule has 4 rings (SSSR count). The molecular formula is C25H26F2NOSiTi+. The standard InChI is InChI=1S/C25H26F2NOSi.Ti/c1-25(2,3)28(4,5)30(29)21-15-14-20-16-10-6-7-11-17(16)23(24(26)27)19-13-9-8-12-18(19)22(20)21;/h6-15,21H,1-5H3;/q+1;. The molecule has 0 spiro atoms. The van der Waals surface area contributed by atoms with Crippen molar-refractivity contribution in [3.63, 3.8) is 0 Å². The number of quaternary nitrogens is 1. The van der Waals surface area contributed by atoms with Crippen LogP contribution in [0.5, 0.6) is 0 Å². The molecule has 0 bridgehead atoms. The fraction of sp³-hybridized carbons (Fsp3) is 0.280. The van der Waals surface area contributed by atoms with Crippen molar-refractivity contribution in [2.45, 2.75) is 31.9 Å². The van der Waals surface area contributed by atoms with E-state index in [1.807, 2.05) is 50.5 Å². The molecule has 0 fully saturated rings. The first kappa shape index (κ1) is 23.9. The number of benzene rings is 2. The summed E-state index contributed by atoms with van der Waals surface area (Å²) in [6.45, 7) is 6.25. The third-order valence-corrected chi connectivity index (χ3v) is 9.50. The van der Waals surface area contributed by atoms with Gasteiger partial charge in [0.05, 0.1) is 25.2 Å². The molecular weight excluding hydrogens is 444 g/mol. The number of nitrogens with zero attached hydrogens (tertiary/aromatic N) is 1. The molecule has 2 aromatic rings. The molecule has 2 aromatic carbocycles. The van der Waals surface area contributed by atoms with Crippen molar-refractivity contribution < 1.29 is 39.1 Å². The van der Waals surface area contributed by atoms with Gasteiger partial charge in [-0.25, -0.2) is 0 Å². The van der Waals surface area contributed by atoms with Gasteiger partial charge in [-0.15, -0.1) is 0 Å². The summed E-state index contributed by atoms with van der Waals surface area (Å²) in [5, 5.41) is 0. The Bertz CT molecular complexity index is 1150. The molecule has 1 unspecified atom stereocenters. The van der Waals surface area contributed by atoms with Crippen molar-refractivity contribution in [3.05, 3.63) is 89.0 Å². The number of allylic oxidation sites excluding steroid dienone is 4. The summed E-state index contributed by atoms with van der Waals surface area (Å²) in [5.41, 5.74) is 3.76. The van der Waals surface area contributed by atoms with Gasteiger partial charge in [0, 0.05) is 21.7 Å². The van der Waals surface area contributed by atoms with Crippen molar-refractivity contribution in [2.24, 2.45) is 0 Å². The van der Waals surface area contributed by atoms with Crippen LogP contribution in [-0.2, 0) is 26.2 Å². The van der Waals surface area contributed by atoms with E-state index in [0.717, 1.165) is 22.3 Å². The van der Waals surface area contributed by atoms with Gasteiger partial charge in [-0.05, 0) is 54.2 Å². The maximum atomic E-state index is 14.2. The van der Waals surface area contributed by atoms with Gasteiger partial charge in [0.25, 0.3) is 6.08 Å². The van der Waals surface area contributed by atoms with Crippen LogP contribution >= 0.6 is 0 Å². The molecule has 0 heterocycles. The smallest absolute Gasteiger partial charge is 0.328 e. The van der Waals surface area contributed by atoms with Crippen molar-refractivity contribution in [1.82, 2.24) is 0 Å². The average molecular weight is 470 g/mol. The second kappa shape index (κ2) is 8.29. The van der Waals surface area contributed by atoms with Gasteiger partial charge < -0.3 is 8.61 Å². The van der Waals surface area contributed by atoms with E-state index in [2.05, 4.69) is 20.8 Å². The Kier molecular flexibility index (Phi) is 6.38. The van der Waals surface area contributed by atoms with Gasteiger partial charge in [0.2, 0.25) is 0 Å². The summed E-state index contributed by atoms with van der Waals surface area (Å²) in [6, 6.07) is 14.6. The summed E-state index contributed by atoms with van der Waals surface area (Å²) in [6.07, 6.45) is 2.28. The number of hydrogen-bond acceptors (Lipinski definition) is 1. The third-order valence-electron chi connectivity index (χ3n) is 6.71. The van der Waals surface area contributed by atoms with E-state index < -0.39 is 14.9 Å². The quantitative estimate of drug-likeness (QED) is 0.471. The maximum Gasteiger partial charge on any atom is 0.565 e. The molecule has 0 aliphatic heterocycles. The third kappa shape index (κ3) is 3.72. The SMILES string of the molecule is CC(C)(C)[N+](C)(C)[Si](=O)C1C=CC2=C1c1ccccc1C(=C(F)F)c1ccccc12.[Ti]. The minimum atomic E-state index is -2.23. The maximum absolute atomic E-state index is 14.2. The Morgan fingerprint density at radius 1 is 0.903 bits per heavy atom. The Morgan fingerprint density at radius 2 is 1.39 bits per heavy atom. The van der Waals surface area contributed by atoms with Gasteiger partial charge >= 0.3 is 8.84 Å². The zero-order chi connectivity index (χ0) is 21.8. The molecule has 158 valence electrons. The monoisotopic (exact) mass is 470 g/mol. The molecule has 2 aliphatic rings. The minimum Gasteiger partial charge on any atom is -0.328 e. The number of rotatable bonds is 2. The zero-order valence-electron chi connectivity index (χ0n) is 18.5. The van der Waals surface area contributed by atoms with Gasteiger partial charge in [0.1, 0.15) is 5.54 Å². The van der Waals surface area contributed by atoms with Crippen LogP contribution in [0, 0.1) is 0 Å². The van der Waals surface area contributed by atoms with Crippen LogP contribution in [0.3, 0.4) is 0 Å². The number of halogens is 2. The molecule has 0 amide bonds. The van der Waals surface area contributed by atoms with Gasteiger partial charge in [-0.3, -0.25) is 0 Å². The zero-order valence-corrected chi connectivity index (χ0v) is 21.0. The number of fused-ring (bicyclic) bond motifs is 4. The van der Waals surface area contributed by atoms with Crippen LogP contribution in [0.2, 0.25) is 5.54 Å². The van der Waals surface area contributed by atoms with Crippen LogP contribution < -0.4 is 0 Å². The Hall–Kier alpha value is -1.79. The summed E-state index contributed by atoms with van der Waals surface area (Å²) in [5.74, 6) is 0. The van der Waals surface area contributed by atoms with Gasteiger partial charge in [-0.1, -0.05) is 60.7 Å². The molecule has 31 heavy (non-hydrogen) atoms. The van der Waals surface area contributed by atoms with Crippen LogP contribution in [0.4, 0.5) is 8.78 Å². The fourth-order valence-electron chi connectivity index (χ4n) is 4.20. The summed E-state index contributed by atoms with van der Waals surface area (Å²) >= 11 is 0. The molecule has 0 saturated heterocycles. The van der Waals surface area contributed by atoms with Crippen LogP contribution in [0.25, 0.3) is 16.7 Å². The largest absolute Gasteiger partial charge is 0.565 e.